The fraction of sp³-hybridized carbons (Fsp3) is 0.429. The highest BCUT2D eigenvalue weighted by molar-refractivity contribution is 5.89. The first kappa shape index (κ1) is 15.0. The summed E-state index contributed by atoms with van der Waals surface area (Å²) in [5.74, 6) is -0.868. The number of carbonyl (C=O) groups is 2. The van der Waals surface area contributed by atoms with E-state index < -0.39 is 5.97 Å². The van der Waals surface area contributed by atoms with Gasteiger partial charge in [-0.2, -0.15) is 0 Å². The van der Waals surface area contributed by atoms with E-state index in [9.17, 15) is 9.59 Å². The largest absolute Gasteiger partial charge is 0.481 e. The number of hydrogen-bond acceptors (Lipinski definition) is 2. The van der Waals surface area contributed by atoms with Gasteiger partial charge in [-0.25, -0.2) is 4.79 Å². The number of carboxylic acids is 1. The van der Waals surface area contributed by atoms with Gasteiger partial charge in [0.15, 0.2) is 0 Å². The number of urea groups is 1. The van der Waals surface area contributed by atoms with E-state index in [4.69, 9.17) is 5.11 Å². The molecular formula is C14H20N2O3. The Hall–Kier alpha value is -2.04. The summed E-state index contributed by atoms with van der Waals surface area (Å²) >= 11 is 0. The van der Waals surface area contributed by atoms with Gasteiger partial charge in [0.1, 0.15) is 0 Å². The number of aliphatic carboxylic acids is 1. The third kappa shape index (κ3) is 5.42. The minimum Gasteiger partial charge on any atom is -0.481 e. The molecule has 1 aromatic rings. The molecule has 2 amide bonds. The summed E-state index contributed by atoms with van der Waals surface area (Å²) in [5, 5.41) is 14.2. The predicted octanol–water partition coefficient (Wildman–Crippen LogP) is 2.62. The first-order chi connectivity index (χ1) is 9.05. The Morgan fingerprint density at radius 1 is 1.16 bits per heavy atom. The summed E-state index contributed by atoms with van der Waals surface area (Å²) in [6.45, 7) is 4.05. The van der Waals surface area contributed by atoms with Crippen LogP contribution < -0.4 is 10.6 Å². The van der Waals surface area contributed by atoms with Gasteiger partial charge >= 0.3 is 12.0 Å². The van der Waals surface area contributed by atoms with Crippen molar-refractivity contribution in [1.82, 2.24) is 5.32 Å². The summed E-state index contributed by atoms with van der Waals surface area (Å²) in [4.78, 5) is 22.2. The monoisotopic (exact) mass is 264 g/mol. The normalized spacial score (nSPS) is 10.3. The zero-order valence-corrected chi connectivity index (χ0v) is 11.3. The molecule has 0 saturated carbocycles. The topological polar surface area (TPSA) is 78.4 Å². The minimum atomic E-state index is -0.868. The van der Waals surface area contributed by atoms with Crippen LogP contribution >= 0.6 is 0 Å². The molecule has 0 saturated heterocycles. The maximum Gasteiger partial charge on any atom is 0.319 e. The number of nitrogens with one attached hydrogen (secondary N) is 2. The van der Waals surface area contributed by atoms with Crippen LogP contribution in [0.1, 0.15) is 32.3 Å². The Balaban J connectivity index is 2.53. The van der Waals surface area contributed by atoms with Crippen molar-refractivity contribution in [2.45, 2.75) is 39.2 Å². The van der Waals surface area contributed by atoms with E-state index >= 15 is 0 Å². The third-order valence-corrected chi connectivity index (χ3v) is 2.89. The van der Waals surface area contributed by atoms with Crippen LogP contribution in [0, 0.1) is 0 Å². The zero-order valence-electron chi connectivity index (χ0n) is 11.3. The smallest absolute Gasteiger partial charge is 0.319 e. The standard InChI is InChI=1S/C14H20N2O3/c1-3-11(4-2)15-14(19)16-12-7-5-10(6-8-12)9-13(17)18/h5-8,11H,3-4,9H2,1-2H3,(H,17,18)(H2,15,16,19). The summed E-state index contributed by atoms with van der Waals surface area (Å²) in [5.41, 5.74) is 1.36. The Bertz CT molecular complexity index is 425. The third-order valence-electron chi connectivity index (χ3n) is 2.89. The molecule has 0 aliphatic heterocycles. The number of carboxylic acid groups (broad SMARTS) is 1. The van der Waals surface area contributed by atoms with Gasteiger partial charge in [-0.1, -0.05) is 26.0 Å². The molecule has 0 spiro atoms. The zero-order chi connectivity index (χ0) is 14.3. The number of benzene rings is 1. The molecule has 0 fully saturated rings. The second-order valence-corrected chi connectivity index (χ2v) is 4.38. The fourth-order valence-electron chi connectivity index (χ4n) is 1.73. The lowest BCUT2D eigenvalue weighted by Crippen LogP contribution is -2.37. The van der Waals surface area contributed by atoms with E-state index in [1.807, 2.05) is 13.8 Å². The first-order valence-electron chi connectivity index (χ1n) is 6.43. The van der Waals surface area contributed by atoms with Crippen molar-refractivity contribution in [3.05, 3.63) is 29.8 Å². The van der Waals surface area contributed by atoms with Crippen LogP contribution in [0.15, 0.2) is 24.3 Å². The van der Waals surface area contributed by atoms with Gasteiger partial charge in [0, 0.05) is 11.7 Å². The van der Waals surface area contributed by atoms with Crippen molar-refractivity contribution in [2.75, 3.05) is 5.32 Å². The van der Waals surface area contributed by atoms with Gasteiger partial charge in [-0.05, 0) is 30.5 Å². The number of rotatable bonds is 6. The van der Waals surface area contributed by atoms with E-state index in [0.29, 0.717) is 11.3 Å². The molecule has 1 rings (SSSR count). The quantitative estimate of drug-likeness (QED) is 0.739. The van der Waals surface area contributed by atoms with Gasteiger partial charge < -0.3 is 15.7 Å². The highest BCUT2D eigenvalue weighted by Crippen LogP contribution is 2.10. The van der Waals surface area contributed by atoms with Crippen molar-refractivity contribution in [3.63, 3.8) is 0 Å². The second kappa shape index (κ2) is 7.41. The number of hydrogen-bond donors (Lipinski definition) is 3. The second-order valence-electron chi connectivity index (χ2n) is 4.38. The van der Waals surface area contributed by atoms with Gasteiger partial charge in [0.25, 0.3) is 0 Å². The summed E-state index contributed by atoms with van der Waals surface area (Å²) in [6, 6.07) is 6.72. The highest BCUT2D eigenvalue weighted by Gasteiger charge is 2.08. The van der Waals surface area contributed by atoms with E-state index in [2.05, 4.69) is 10.6 Å². The maximum atomic E-state index is 11.7. The average molecular weight is 264 g/mol. The molecule has 0 aliphatic rings. The van der Waals surface area contributed by atoms with Gasteiger partial charge in [0.2, 0.25) is 0 Å². The Morgan fingerprint density at radius 2 is 1.74 bits per heavy atom. The summed E-state index contributed by atoms with van der Waals surface area (Å²) < 4.78 is 0. The SMILES string of the molecule is CCC(CC)NC(=O)Nc1ccc(CC(=O)O)cc1. The molecule has 104 valence electrons. The lowest BCUT2D eigenvalue weighted by Gasteiger charge is -2.15. The molecule has 0 unspecified atom stereocenters. The van der Waals surface area contributed by atoms with Gasteiger partial charge in [-0.3, -0.25) is 4.79 Å². The first-order valence-corrected chi connectivity index (χ1v) is 6.43. The molecule has 0 atom stereocenters. The van der Waals surface area contributed by atoms with Crippen LogP contribution in [-0.4, -0.2) is 23.1 Å². The Morgan fingerprint density at radius 3 is 2.21 bits per heavy atom. The van der Waals surface area contributed by atoms with Crippen LogP contribution in [0.25, 0.3) is 0 Å². The van der Waals surface area contributed by atoms with Crippen molar-refractivity contribution < 1.29 is 14.7 Å². The van der Waals surface area contributed by atoms with Gasteiger partial charge in [0.05, 0.1) is 6.42 Å². The molecule has 5 heteroatoms. The molecule has 1 aromatic carbocycles. The molecule has 19 heavy (non-hydrogen) atoms. The Kier molecular flexibility index (Phi) is 5.85. The van der Waals surface area contributed by atoms with Crippen molar-refractivity contribution >= 4 is 17.7 Å². The fourth-order valence-corrected chi connectivity index (χ4v) is 1.73. The number of amides is 2. The van der Waals surface area contributed by atoms with Crippen LogP contribution in [0.3, 0.4) is 0 Å². The van der Waals surface area contributed by atoms with Crippen molar-refractivity contribution in [3.8, 4) is 0 Å². The Labute approximate surface area is 113 Å². The molecular weight excluding hydrogens is 244 g/mol. The summed E-state index contributed by atoms with van der Waals surface area (Å²) in [6.07, 6.45) is 1.77. The van der Waals surface area contributed by atoms with Crippen molar-refractivity contribution in [1.29, 1.82) is 0 Å². The average Bonchev–Trinajstić information content (AvgIpc) is 2.37. The van der Waals surface area contributed by atoms with Crippen LogP contribution in [0.2, 0.25) is 0 Å². The van der Waals surface area contributed by atoms with Crippen LogP contribution in [-0.2, 0) is 11.2 Å². The van der Waals surface area contributed by atoms with E-state index in [-0.39, 0.29) is 18.5 Å². The van der Waals surface area contributed by atoms with Gasteiger partial charge in [-0.15, -0.1) is 0 Å². The van der Waals surface area contributed by atoms with Crippen molar-refractivity contribution in [2.24, 2.45) is 0 Å². The highest BCUT2D eigenvalue weighted by atomic mass is 16.4. The lowest BCUT2D eigenvalue weighted by atomic mass is 10.1. The predicted molar refractivity (Wildman–Crippen MR) is 74.3 cm³/mol. The van der Waals surface area contributed by atoms with E-state index in [1.165, 1.54) is 0 Å². The number of carbonyl (C=O) groups excluding carboxylic acids is 1. The molecule has 0 heterocycles. The molecule has 0 aliphatic carbocycles. The summed E-state index contributed by atoms with van der Waals surface area (Å²) in [7, 11) is 0. The van der Waals surface area contributed by atoms with Crippen LogP contribution in [0.5, 0.6) is 0 Å². The molecule has 0 radical (unpaired) electrons. The molecule has 0 aromatic heterocycles. The maximum absolute atomic E-state index is 11.7. The molecule has 3 N–H and O–H groups in total. The molecule has 5 nitrogen and oxygen atoms in total. The molecule has 0 bridgehead atoms. The van der Waals surface area contributed by atoms with E-state index in [0.717, 1.165) is 12.8 Å². The minimum absolute atomic E-state index is 0.0137. The van der Waals surface area contributed by atoms with Crippen LogP contribution in [0.4, 0.5) is 10.5 Å². The van der Waals surface area contributed by atoms with E-state index in [1.54, 1.807) is 24.3 Å². The lowest BCUT2D eigenvalue weighted by molar-refractivity contribution is -0.136. The number of anilines is 1.